The number of hydrogen-bond acceptors (Lipinski definition) is 4. The van der Waals surface area contributed by atoms with Gasteiger partial charge in [-0.25, -0.2) is 8.42 Å². The summed E-state index contributed by atoms with van der Waals surface area (Å²) in [4.78, 5) is 12.9. The fourth-order valence-electron chi connectivity index (χ4n) is 3.07. The lowest BCUT2D eigenvalue weighted by Crippen LogP contribution is -2.37. The molecule has 5 nitrogen and oxygen atoms in total. The van der Waals surface area contributed by atoms with Gasteiger partial charge < -0.3 is 5.32 Å². The molecule has 1 aliphatic rings. The van der Waals surface area contributed by atoms with Gasteiger partial charge in [0.2, 0.25) is 0 Å². The molecule has 0 aliphatic carbocycles. The van der Waals surface area contributed by atoms with Gasteiger partial charge in [0.25, 0.3) is 15.9 Å². The molecule has 0 saturated carbocycles. The molecule has 0 bridgehead atoms. The van der Waals surface area contributed by atoms with E-state index < -0.39 is 10.0 Å². The Morgan fingerprint density at radius 3 is 2.58 bits per heavy atom. The van der Waals surface area contributed by atoms with E-state index >= 15 is 0 Å². The number of piperidine rings is 1. The van der Waals surface area contributed by atoms with E-state index in [1.807, 2.05) is 31.2 Å². The van der Waals surface area contributed by atoms with Gasteiger partial charge in [0.1, 0.15) is 4.21 Å². The van der Waals surface area contributed by atoms with E-state index in [0.29, 0.717) is 23.9 Å². The van der Waals surface area contributed by atoms with Crippen molar-refractivity contribution in [3.63, 3.8) is 0 Å². The standard InChI is InChI=1S/C19H24N2O3S2/c1-3-15-6-4-5-7-16(15)20-19(22)17-8-9-18(25-17)26(23,24)21-12-10-14(2)11-13-21/h4-9,14H,3,10-13H2,1-2H3,(H,20,22). The van der Waals surface area contributed by atoms with Crippen LogP contribution in [0.4, 0.5) is 5.69 Å². The summed E-state index contributed by atoms with van der Waals surface area (Å²) in [6.45, 7) is 5.27. The summed E-state index contributed by atoms with van der Waals surface area (Å²) in [6, 6.07) is 10.8. The molecular formula is C19H24N2O3S2. The van der Waals surface area contributed by atoms with Crippen molar-refractivity contribution >= 4 is 33.0 Å². The molecular weight excluding hydrogens is 368 g/mol. The van der Waals surface area contributed by atoms with Gasteiger partial charge in [0.05, 0.1) is 4.88 Å². The summed E-state index contributed by atoms with van der Waals surface area (Å²) in [5.74, 6) is 0.286. The van der Waals surface area contributed by atoms with Crippen molar-refractivity contribution in [1.82, 2.24) is 4.31 Å². The molecule has 1 aliphatic heterocycles. The Kier molecular flexibility index (Phi) is 5.79. The second-order valence-corrected chi connectivity index (χ2v) is 9.92. The van der Waals surface area contributed by atoms with Crippen LogP contribution in [0, 0.1) is 5.92 Å². The maximum Gasteiger partial charge on any atom is 0.265 e. The second kappa shape index (κ2) is 7.90. The minimum atomic E-state index is -3.51. The molecule has 2 heterocycles. The summed E-state index contributed by atoms with van der Waals surface area (Å²) in [5.41, 5.74) is 1.82. The largest absolute Gasteiger partial charge is 0.321 e. The number of hydrogen-bond donors (Lipinski definition) is 1. The Morgan fingerprint density at radius 1 is 1.19 bits per heavy atom. The van der Waals surface area contributed by atoms with E-state index in [1.54, 1.807) is 12.1 Å². The first-order valence-corrected chi connectivity index (χ1v) is 11.2. The van der Waals surface area contributed by atoms with Crippen LogP contribution < -0.4 is 5.32 Å². The zero-order chi connectivity index (χ0) is 18.7. The zero-order valence-electron chi connectivity index (χ0n) is 15.1. The SMILES string of the molecule is CCc1ccccc1NC(=O)c1ccc(S(=O)(=O)N2CCC(C)CC2)s1. The van der Waals surface area contributed by atoms with Gasteiger partial charge in [-0.1, -0.05) is 32.0 Å². The van der Waals surface area contributed by atoms with Gasteiger partial charge in [-0.05, 0) is 48.9 Å². The Hall–Kier alpha value is -1.70. The Labute approximate surface area is 159 Å². The lowest BCUT2D eigenvalue weighted by atomic mass is 10.0. The van der Waals surface area contributed by atoms with Crippen LogP contribution in [0.25, 0.3) is 0 Å². The predicted molar refractivity (Wildman–Crippen MR) is 105 cm³/mol. The summed E-state index contributed by atoms with van der Waals surface area (Å²) in [7, 11) is -3.51. The maximum absolute atomic E-state index is 12.8. The molecule has 1 N–H and O–H groups in total. The Bertz CT molecular complexity index is 882. The van der Waals surface area contributed by atoms with Crippen LogP contribution in [-0.2, 0) is 16.4 Å². The van der Waals surface area contributed by atoms with Crippen molar-refractivity contribution in [2.75, 3.05) is 18.4 Å². The van der Waals surface area contributed by atoms with Crippen molar-refractivity contribution in [3.05, 3.63) is 46.8 Å². The van der Waals surface area contributed by atoms with Crippen LogP contribution in [0.1, 0.15) is 41.9 Å². The number of carbonyl (C=O) groups excluding carboxylic acids is 1. The van der Waals surface area contributed by atoms with Crippen LogP contribution in [0.15, 0.2) is 40.6 Å². The monoisotopic (exact) mass is 392 g/mol. The molecule has 1 aromatic heterocycles. The van der Waals surface area contributed by atoms with E-state index in [9.17, 15) is 13.2 Å². The van der Waals surface area contributed by atoms with E-state index in [1.165, 1.54) is 4.31 Å². The van der Waals surface area contributed by atoms with Crippen molar-refractivity contribution in [3.8, 4) is 0 Å². The minimum absolute atomic E-state index is 0.237. The number of thiophene rings is 1. The van der Waals surface area contributed by atoms with E-state index in [0.717, 1.165) is 41.9 Å². The van der Waals surface area contributed by atoms with Crippen LogP contribution in [0.3, 0.4) is 0 Å². The molecule has 1 aromatic carbocycles. The lowest BCUT2D eigenvalue weighted by molar-refractivity contribution is 0.103. The van der Waals surface area contributed by atoms with Gasteiger partial charge in [0.15, 0.2) is 0 Å². The first kappa shape index (κ1) is 19.1. The molecule has 1 fully saturated rings. The number of amides is 1. The number of nitrogens with zero attached hydrogens (tertiary/aromatic N) is 1. The van der Waals surface area contributed by atoms with Gasteiger partial charge in [-0.15, -0.1) is 11.3 Å². The lowest BCUT2D eigenvalue weighted by Gasteiger charge is -2.28. The highest BCUT2D eigenvalue weighted by Crippen LogP contribution is 2.29. The Morgan fingerprint density at radius 2 is 1.88 bits per heavy atom. The summed E-state index contributed by atoms with van der Waals surface area (Å²) >= 11 is 1.03. The molecule has 0 radical (unpaired) electrons. The average molecular weight is 393 g/mol. The number of carbonyl (C=O) groups is 1. The third kappa shape index (κ3) is 4.00. The normalized spacial score (nSPS) is 16.5. The Balaban J connectivity index is 1.75. The third-order valence-electron chi connectivity index (χ3n) is 4.79. The zero-order valence-corrected chi connectivity index (χ0v) is 16.7. The number of aryl methyl sites for hydroxylation is 1. The number of sulfonamides is 1. The van der Waals surface area contributed by atoms with Crippen LogP contribution in [0.5, 0.6) is 0 Å². The summed E-state index contributed by atoms with van der Waals surface area (Å²) in [6.07, 6.45) is 2.57. The van der Waals surface area contributed by atoms with Crippen molar-refractivity contribution in [1.29, 1.82) is 0 Å². The number of nitrogens with one attached hydrogen (secondary N) is 1. The molecule has 140 valence electrons. The van der Waals surface area contributed by atoms with E-state index in [-0.39, 0.29) is 10.1 Å². The predicted octanol–water partition coefficient (Wildman–Crippen LogP) is 3.98. The molecule has 0 atom stereocenters. The second-order valence-electron chi connectivity index (χ2n) is 6.67. The topological polar surface area (TPSA) is 66.5 Å². The highest BCUT2D eigenvalue weighted by molar-refractivity contribution is 7.91. The van der Waals surface area contributed by atoms with Crippen molar-refractivity contribution in [2.24, 2.45) is 5.92 Å². The summed E-state index contributed by atoms with van der Waals surface area (Å²) in [5, 5.41) is 2.89. The minimum Gasteiger partial charge on any atom is -0.321 e. The average Bonchev–Trinajstić information content (AvgIpc) is 3.14. The van der Waals surface area contributed by atoms with Crippen LogP contribution >= 0.6 is 11.3 Å². The van der Waals surface area contributed by atoms with Gasteiger partial charge in [-0.3, -0.25) is 4.79 Å². The molecule has 0 spiro atoms. The van der Waals surface area contributed by atoms with Crippen molar-refractivity contribution < 1.29 is 13.2 Å². The first-order valence-electron chi connectivity index (χ1n) is 8.91. The number of benzene rings is 1. The van der Waals surface area contributed by atoms with Gasteiger partial charge >= 0.3 is 0 Å². The smallest absolute Gasteiger partial charge is 0.265 e. The molecule has 0 unspecified atom stereocenters. The molecule has 3 rings (SSSR count). The van der Waals surface area contributed by atoms with Crippen LogP contribution in [-0.4, -0.2) is 31.7 Å². The molecule has 26 heavy (non-hydrogen) atoms. The highest BCUT2D eigenvalue weighted by atomic mass is 32.2. The van der Waals surface area contributed by atoms with Crippen molar-refractivity contribution in [2.45, 2.75) is 37.3 Å². The molecule has 1 amide bonds. The van der Waals surface area contributed by atoms with E-state index in [2.05, 4.69) is 12.2 Å². The number of anilines is 1. The quantitative estimate of drug-likeness (QED) is 0.837. The maximum atomic E-state index is 12.8. The fraction of sp³-hybridized carbons (Fsp3) is 0.421. The van der Waals surface area contributed by atoms with E-state index in [4.69, 9.17) is 0 Å². The third-order valence-corrected chi connectivity index (χ3v) is 8.24. The molecule has 2 aromatic rings. The fourth-order valence-corrected chi connectivity index (χ4v) is 5.89. The first-order chi connectivity index (χ1) is 12.4. The van der Waals surface area contributed by atoms with Gasteiger partial charge in [0, 0.05) is 18.8 Å². The van der Waals surface area contributed by atoms with Gasteiger partial charge in [-0.2, -0.15) is 4.31 Å². The summed E-state index contributed by atoms with van der Waals surface area (Å²) < 4.78 is 27.4. The molecule has 7 heteroatoms. The number of para-hydroxylation sites is 1. The highest BCUT2D eigenvalue weighted by Gasteiger charge is 2.29. The molecule has 1 saturated heterocycles. The van der Waals surface area contributed by atoms with Crippen LogP contribution in [0.2, 0.25) is 0 Å². The number of rotatable bonds is 5.